The van der Waals surface area contributed by atoms with Crippen molar-refractivity contribution in [3.8, 4) is 11.4 Å². The van der Waals surface area contributed by atoms with Gasteiger partial charge in [0.2, 0.25) is 0 Å². The van der Waals surface area contributed by atoms with Crippen molar-refractivity contribution in [2.75, 3.05) is 6.61 Å². The molecular weight excluding hydrogens is 396 g/mol. The second-order valence-corrected chi connectivity index (χ2v) is 5.59. The zero-order valence-electron chi connectivity index (χ0n) is 14.0. The topological polar surface area (TPSA) is 70.4 Å². The molecule has 1 aromatic heterocycles. The molecule has 1 unspecified atom stereocenters. The summed E-state index contributed by atoms with van der Waals surface area (Å²) in [6, 6.07) is 2.99. The minimum Gasteiger partial charge on any atom is -0.463 e. The summed E-state index contributed by atoms with van der Waals surface area (Å²) in [4.78, 5) is 23.7. The predicted molar refractivity (Wildman–Crippen MR) is 86.4 cm³/mol. The van der Waals surface area contributed by atoms with E-state index in [1.165, 1.54) is 0 Å². The highest BCUT2D eigenvalue weighted by molar-refractivity contribution is 6.28. The average molecular weight is 409 g/mol. The molecule has 27 heavy (non-hydrogen) atoms. The molecule has 146 valence electrons. The molecule has 0 aliphatic heterocycles. The first-order valence-electron chi connectivity index (χ1n) is 7.49. The molecule has 0 saturated heterocycles. The molecule has 0 bridgehead atoms. The fourth-order valence-corrected chi connectivity index (χ4v) is 2.27. The predicted octanol–water partition coefficient (Wildman–Crippen LogP) is 3.21. The number of hydrogen-bond acceptors (Lipinski definition) is 5. The Morgan fingerprint density at radius 1 is 1.37 bits per heavy atom. The van der Waals surface area contributed by atoms with Gasteiger partial charge in [-0.3, -0.25) is 4.79 Å². The Morgan fingerprint density at radius 3 is 2.63 bits per heavy atom. The van der Waals surface area contributed by atoms with Gasteiger partial charge >= 0.3 is 12.1 Å². The number of carbonyl (C=O) groups excluding carboxylic acids is 1. The largest absolute Gasteiger partial charge is 0.463 e. The molecule has 1 aromatic carbocycles. The summed E-state index contributed by atoms with van der Waals surface area (Å²) in [5, 5.41) is 3.39. The second-order valence-electron chi connectivity index (χ2n) is 5.20. The lowest BCUT2D eigenvalue weighted by atomic mass is 10.2. The van der Waals surface area contributed by atoms with Gasteiger partial charge in [0.15, 0.2) is 0 Å². The SMILES string of the molecule is CCOC(=O)C(Cl)Oc1ccc(F)c(-n2ncc(C(F)(F)F)c(C)c2=O)c1. The summed E-state index contributed by atoms with van der Waals surface area (Å²) in [5.41, 5.74) is -5.04. The number of carbonyl (C=O) groups is 1. The number of benzene rings is 1. The van der Waals surface area contributed by atoms with E-state index >= 15 is 0 Å². The Labute approximate surface area is 155 Å². The number of nitrogens with zero attached hydrogens (tertiary/aromatic N) is 2. The normalized spacial score (nSPS) is 12.6. The molecular formula is C16H13ClF4N2O4. The fraction of sp³-hybridized carbons (Fsp3) is 0.312. The summed E-state index contributed by atoms with van der Waals surface area (Å²) >= 11 is 5.71. The van der Waals surface area contributed by atoms with Gasteiger partial charge in [0.25, 0.3) is 11.1 Å². The summed E-state index contributed by atoms with van der Waals surface area (Å²) < 4.78 is 62.9. The van der Waals surface area contributed by atoms with Crippen molar-refractivity contribution in [1.29, 1.82) is 0 Å². The Bertz CT molecular complexity index is 914. The third kappa shape index (κ3) is 4.57. The van der Waals surface area contributed by atoms with Crippen LogP contribution in [-0.4, -0.2) is 27.9 Å². The summed E-state index contributed by atoms with van der Waals surface area (Å²) in [6.07, 6.45) is -4.35. The van der Waals surface area contributed by atoms with Crippen LogP contribution in [0.4, 0.5) is 17.6 Å². The third-order valence-corrected chi connectivity index (χ3v) is 3.65. The molecule has 0 spiro atoms. The van der Waals surface area contributed by atoms with Crippen LogP contribution in [0.3, 0.4) is 0 Å². The fourth-order valence-electron chi connectivity index (χ4n) is 2.10. The highest BCUT2D eigenvalue weighted by atomic mass is 35.5. The minimum absolute atomic E-state index is 0.0597. The molecule has 0 aliphatic rings. The highest BCUT2D eigenvalue weighted by Gasteiger charge is 2.34. The Hall–Kier alpha value is -2.62. The van der Waals surface area contributed by atoms with Crippen molar-refractivity contribution < 1.29 is 31.8 Å². The maximum absolute atomic E-state index is 14.1. The van der Waals surface area contributed by atoms with E-state index in [4.69, 9.17) is 16.3 Å². The monoisotopic (exact) mass is 408 g/mol. The van der Waals surface area contributed by atoms with Gasteiger partial charge in [-0.1, -0.05) is 11.6 Å². The van der Waals surface area contributed by atoms with E-state index in [9.17, 15) is 27.2 Å². The number of ether oxygens (including phenoxy) is 2. The van der Waals surface area contributed by atoms with Crippen molar-refractivity contribution in [3.63, 3.8) is 0 Å². The molecule has 0 fully saturated rings. The van der Waals surface area contributed by atoms with Crippen LogP contribution in [0, 0.1) is 12.7 Å². The smallest absolute Gasteiger partial charge is 0.418 e. The van der Waals surface area contributed by atoms with Crippen molar-refractivity contribution in [2.24, 2.45) is 0 Å². The van der Waals surface area contributed by atoms with E-state index in [-0.39, 0.29) is 12.4 Å². The van der Waals surface area contributed by atoms with Gasteiger partial charge in [0, 0.05) is 11.6 Å². The molecule has 6 nitrogen and oxygen atoms in total. The van der Waals surface area contributed by atoms with Gasteiger partial charge in [-0.25, -0.2) is 9.18 Å². The Morgan fingerprint density at radius 2 is 2.04 bits per heavy atom. The average Bonchev–Trinajstić information content (AvgIpc) is 2.58. The van der Waals surface area contributed by atoms with Crippen molar-refractivity contribution in [3.05, 3.63) is 51.7 Å². The molecule has 2 aromatic rings. The lowest BCUT2D eigenvalue weighted by Gasteiger charge is -2.14. The number of aromatic nitrogens is 2. The van der Waals surface area contributed by atoms with Gasteiger partial charge in [-0.2, -0.15) is 23.0 Å². The van der Waals surface area contributed by atoms with E-state index in [1.807, 2.05) is 0 Å². The first-order valence-corrected chi connectivity index (χ1v) is 7.93. The number of esters is 1. The lowest BCUT2D eigenvalue weighted by molar-refractivity contribution is -0.147. The number of hydrogen-bond donors (Lipinski definition) is 0. The van der Waals surface area contributed by atoms with Crippen LogP contribution in [0.15, 0.2) is 29.2 Å². The number of halogens is 5. The highest BCUT2D eigenvalue weighted by Crippen LogP contribution is 2.30. The quantitative estimate of drug-likeness (QED) is 0.431. The van der Waals surface area contributed by atoms with Crippen molar-refractivity contribution in [1.82, 2.24) is 9.78 Å². The Balaban J connectivity index is 2.44. The molecule has 0 aliphatic carbocycles. The van der Waals surface area contributed by atoms with E-state index in [1.54, 1.807) is 6.92 Å². The molecule has 0 N–H and O–H groups in total. The molecule has 0 saturated carbocycles. The van der Waals surface area contributed by atoms with E-state index in [0.29, 0.717) is 10.9 Å². The van der Waals surface area contributed by atoms with Gasteiger partial charge in [0.05, 0.1) is 18.4 Å². The van der Waals surface area contributed by atoms with Crippen LogP contribution in [0.5, 0.6) is 5.75 Å². The Kier molecular flexibility index (Phi) is 6.09. The maximum atomic E-state index is 14.1. The minimum atomic E-state index is -4.77. The van der Waals surface area contributed by atoms with Crippen LogP contribution >= 0.6 is 11.6 Å². The summed E-state index contributed by atoms with van der Waals surface area (Å²) in [5.74, 6) is -1.95. The zero-order valence-corrected chi connectivity index (χ0v) is 14.8. The third-order valence-electron chi connectivity index (χ3n) is 3.38. The van der Waals surface area contributed by atoms with E-state index < -0.39 is 45.9 Å². The number of rotatable bonds is 5. The summed E-state index contributed by atoms with van der Waals surface area (Å²) in [7, 11) is 0. The molecule has 1 heterocycles. The van der Waals surface area contributed by atoms with Crippen LogP contribution in [0.25, 0.3) is 5.69 Å². The van der Waals surface area contributed by atoms with Crippen molar-refractivity contribution in [2.45, 2.75) is 25.6 Å². The zero-order chi connectivity index (χ0) is 20.4. The van der Waals surface area contributed by atoms with Gasteiger partial charge in [-0.15, -0.1) is 0 Å². The van der Waals surface area contributed by atoms with Gasteiger partial charge in [-0.05, 0) is 26.0 Å². The molecule has 11 heteroatoms. The van der Waals surface area contributed by atoms with E-state index in [0.717, 1.165) is 25.1 Å². The van der Waals surface area contributed by atoms with Crippen LogP contribution in [0.2, 0.25) is 0 Å². The lowest BCUT2D eigenvalue weighted by Crippen LogP contribution is -2.28. The van der Waals surface area contributed by atoms with Gasteiger partial charge < -0.3 is 9.47 Å². The maximum Gasteiger partial charge on any atom is 0.418 e. The molecule has 0 amide bonds. The molecule has 2 rings (SSSR count). The first-order chi connectivity index (χ1) is 12.6. The van der Waals surface area contributed by atoms with E-state index in [2.05, 4.69) is 9.84 Å². The summed E-state index contributed by atoms with van der Waals surface area (Å²) in [6.45, 7) is 2.57. The van der Waals surface area contributed by atoms with Crippen LogP contribution in [0.1, 0.15) is 18.1 Å². The number of alkyl halides is 4. The second kappa shape index (κ2) is 7.95. The van der Waals surface area contributed by atoms with Crippen LogP contribution < -0.4 is 10.3 Å². The van der Waals surface area contributed by atoms with Crippen molar-refractivity contribution >= 4 is 17.6 Å². The molecule has 0 radical (unpaired) electrons. The van der Waals surface area contributed by atoms with Gasteiger partial charge in [0.1, 0.15) is 17.3 Å². The van der Waals surface area contributed by atoms with Crippen LogP contribution in [-0.2, 0) is 15.7 Å². The first kappa shape index (κ1) is 20.7. The standard InChI is InChI=1S/C16H13ClF4N2O4/c1-3-26-15(25)13(17)27-9-4-5-11(18)12(6-9)23-14(24)8(2)10(7-22-23)16(19,20)21/h4-7,13H,3H2,1-2H3. The molecule has 1 atom stereocenters.